The van der Waals surface area contributed by atoms with Crippen LogP contribution in [0.1, 0.15) is 32.8 Å². The van der Waals surface area contributed by atoms with Crippen LogP contribution in [-0.4, -0.2) is 44.8 Å². The zero-order valence-corrected chi connectivity index (χ0v) is 15.8. The summed E-state index contributed by atoms with van der Waals surface area (Å²) < 4.78 is 22.5. The van der Waals surface area contributed by atoms with Crippen molar-refractivity contribution in [2.75, 3.05) is 19.6 Å². The quantitative estimate of drug-likeness (QED) is 0.673. The lowest BCUT2D eigenvalue weighted by molar-refractivity contribution is -0.134. The molecular formula is C17H27N3O4S. The highest BCUT2D eigenvalue weighted by Gasteiger charge is 2.14. The molecule has 0 atom stereocenters. The van der Waals surface area contributed by atoms with Crippen LogP contribution in [0.15, 0.2) is 29.2 Å². The van der Waals surface area contributed by atoms with Crippen molar-refractivity contribution < 1.29 is 18.0 Å². The third-order valence-corrected chi connectivity index (χ3v) is 4.68. The average molecular weight is 369 g/mol. The average Bonchev–Trinajstić information content (AvgIpc) is 2.50. The van der Waals surface area contributed by atoms with Gasteiger partial charge in [0.2, 0.25) is 21.8 Å². The first-order valence-corrected chi connectivity index (χ1v) is 9.78. The van der Waals surface area contributed by atoms with Crippen molar-refractivity contribution in [1.29, 1.82) is 0 Å². The van der Waals surface area contributed by atoms with E-state index in [2.05, 4.69) is 19.2 Å². The molecule has 0 fully saturated rings. The topological polar surface area (TPSA) is 110 Å². The summed E-state index contributed by atoms with van der Waals surface area (Å²) in [7, 11) is -3.71. The van der Waals surface area contributed by atoms with Crippen LogP contribution in [0.3, 0.4) is 0 Å². The van der Waals surface area contributed by atoms with E-state index < -0.39 is 10.0 Å². The molecule has 0 heterocycles. The number of hydrogen-bond acceptors (Lipinski definition) is 4. The van der Waals surface area contributed by atoms with Gasteiger partial charge in [-0.25, -0.2) is 13.6 Å². The summed E-state index contributed by atoms with van der Waals surface area (Å²) in [6.45, 7) is 6.57. The van der Waals surface area contributed by atoms with Gasteiger partial charge in [-0.05, 0) is 36.5 Å². The van der Waals surface area contributed by atoms with Gasteiger partial charge in [-0.1, -0.05) is 26.0 Å². The molecule has 0 spiro atoms. The van der Waals surface area contributed by atoms with Gasteiger partial charge in [0.25, 0.3) is 0 Å². The number of sulfonamides is 1. The third-order valence-electron chi connectivity index (χ3n) is 3.75. The molecule has 0 aliphatic heterocycles. The summed E-state index contributed by atoms with van der Waals surface area (Å²) in [5, 5.41) is 7.87. The summed E-state index contributed by atoms with van der Waals surface area (Å²) in [5.41, 5.74) is 0.860. The van der Waals surface area contributed by atoms with Gasteiger partial charge in [-0.3, -0.25) is 9.59 Å². The summed E-state index contributed by atoms with van der Waals surface area (Å²) in [5.74, 6) is 0.144. The Hall–Kier alpha value is -1.93. The number of hydrogen-bond donors (Lipinski definition) is 2. The molecule has 0 saturated carbocycles. The van der Waals surface area contributed by atoms with E-state index in [9.17, 15) is 18.0 Å². The van der Waals surface area contributed by atoms with Crippen LogP contribution in [0.4, 0.5) is 0 Å². The molecule has 3 N–H and O–H groups in total. The Kier molecular flexibility index (Phi) is 8.05. The minimum atomic E-state index is -3.71. The summed E-state index contributed by atoms with van der Waals surface area (Å²) in [4.78, 5) is 25.2. The van der Waals surface area contributed by atoms with Crippen LogP contribution >= 0.6 is 0 Å². The van der Waals surface area contributed by atoms with E-state index in [0.29, 0.717) is 25.4 Å². The largest absolute Gasteiger partial charge is 0.355 e. The second-order valence-electron chi connectivity index (χ2n) is 6.41. The number of nitrogens with zero attached hydrogens (tertiary/aromatic N) is 1. The van der Waals surface area contributed by atoms with E-state index in [1.165, 1.54) is 24.0 Å². The molecule has 0 saturated heterocycles. The van der Waals surface area contributed by atoms with Gasteiger partial charge in [0.1, 0.15) is 0 Å². The molecule has 0 unspecified atom stereocenters. The zero-order valence-electron chi connectivity index (χ0n) is 15.0. The van der Waals surface area contributed by atoms with Crippen LogP contribution in [0.2, 0.25) is 0 Å². The molecule has 0 bridgehead atoms. The number of carbonyl (C=O) groups is 2. The number of amides is 2. The predicted octanol–water partition coefficient (Wildman–Crippen LogP) is 0.887. The van der Waals surface area contributed by atoms with E-state index >= 15 is 0 Å². The molecule has 1 aromatic carbocycles. The molecule has 0 aliphatic carbocycles. The van der Waals surface area contributed by atoms with E-state index in [-0.39, 0.29) is 23.3 Å². The highest BCUT2D eigenvalue weighted by atomic mass is 32.2. The van der Waals surface area contributed by atoms with Crippen molar-refractivity contribution in [2.45, 2.75) is 38.5 Å². The molecule has 140 valence electrons. The van der Waals surface area contributed by atoms with E-state index in [0.717, 1.165) is 12.0 Å². The second-order valence-corrected chi connectivity index (χ2v) is 7.97. The van der Waals surface area contributed by atoms with Crippen LogP contribution in [0, 0.1) is 5.92 Å². The maximum Gasteiger partial charge on any atom is 0.239 e. The van der Waals surface area contributed by atoms with Crippen LogP contribution in [0.25, 0.3) is 0 Å². The Morgan fingerprint density at radius 2 is 1.80 bits per heavy atom. The van der Waals surface area contributed by atoms with Crippen molar-refractivity contribution in [3.05, 3.63) is 29.8 Å². The minimum Gasteiger partial charge on any atom is -0.355 e. The summed E-state index contributed by atoms with van der Waals surface area (Å²) in [6, 6.07) is 6.17. The molecule has 0 aromatic heterocycles. The number of nitrogens with two attached hydrogens (primary N) is 1. The Morgan fingerprint density at radius 3 is 2.28 bits per heavy atom. The van der Waals surface area contributed by atoms with Crippen molar-refractivity contribution >= 4 is 21.8 Å². The van der Waals surface area contributed by atoms with Crippen LogP contribution < -0.4 is 10.5 Å². The van der Waals surface area contributed by atoms with Gasteiger partial charge >= 0.3 is 0 Å². The van der Waals surface area contributed by atoms with Crippen molar-refractivity contribution in [1.82, 2.24) is 10.2 Å². The number of carbonyl (C=O) groups excluding carboxylic acids is 2. The lowest BCUT2D eigenvalue weighted by Gasteiger charge is -2.20. The molecule has 0 aliphatic rings. The summed E-state index contributed by atoms with van der Waals surface area (Å²) in [6.07, 6.45) is 1.41. The Bertz CT molecular complexity index is 684. The van der Waals surface area contributed by atoms with Gasteiger partial charge in [0.15, 0.2) is 0 Å². The van der Waals surface area contributed by atoms with Gasteiger partial charge in [0.05, 0.1) is 11.4 Å². The number of nitrogens with one attached hydrogen (secondary N) is 1. The lowest BCUT2D eigenvalue weighted by atomic mass is 10.1. The molecule has 1 aromatic rings. The fourth-order valence-electron chi connectivity index (χ4n) is 2.19. The number of rotatable bonds is 9. The monoisotopic (exact) mass is 369 g/mol. The standard InChI is InChI=1S/C17H27N3O4S/c1-13(2)8-10-19-17(22)12-20(14(3)21)11-9-15-4-6-16(7-5-15)25(18,23)24/h4-7,13H,8-12H2,1-3H3,(H,19,22)(H2,18,23,24). The van der Waals surface area contributed by atoms with Crippen molar-refractivity contribution in [3.63, 3.8) is 0 Å². The minimum absolute atomic E-state index is 0.0166. The lowest BCUT2D eigenvalue weighted by Crippen LogP contribution is -2.41. The van der Waals surface area contributed by atoms with Gasteiger partial charge in [-0.15, -0.1) is 0 Å². The predicted molar refractivity (Wildman–Crippen MR) is 96.2 cm³/mol. The first kappa shape index (κ1) is 21.1. The van der Waals surface area contributed by atoms with Gasteiger partial charge < -0.3 is 10.2 Å². The first-order valence-electron chi connectivity index (χ1n) is 8.23. The maximum atomic E-state index is 11.9. The second kappa shape index (κ2) is 9.53. The Morgan fingerprint density at radius 1 is 1.20 bits per heavy atom. The fourth-order valence-corrected chi connectivity index (χ4v) is 2.70. The molecule has 2 amide bonds. The summed E-state index contributed by atoms with van der Waals surface area (Å²) >= 11 is 0. The molecule has 25 heavy (non-hydrogen) atoms. The van der Waals surface area contributed by atoms with Crippen LogP contribution in [0.5, 0.6) is 0 Å². The van der Waals surface area contributed by atoms with Gasteiger partial charge in [0, 0.05) is 20.0 Å². The Balaban J connectivity index is 2.55. The van der Waals surface area contributed by atoms with E-state index in [1.807, 2.05) is 0 Å². The van der Waals surface area contributed by atoms with Crippen molar-refractivity contribution in [2.24, 2.45) is 11.1 Å². The normalized spacial score (nSPS) is 11.4. The molecule has 7 nitrogen and oxygen atoms in total. The highest BCUT2D eigenvalue weighted by Crippen LogP contribution is 2.10. The molecular weight excluding hydrogens is 342 g/mol. The Labute approximate surface area is 149 Å². The van der Waals surface area contributed by atoms with Gasteiger partial charge in [-0.2, -0.15) is 0 Å². The van der Waals surface area contributed by atoms with E-state index in [1.54, 1.807) is 12.1 Å². The van der Waals surface area contributed by atoms with Crippen molar-refractivity contribution in [3.8, 4) is 0 Å². The maximum absolute atomic E-state index is 11.9. The number of primary sulfonamides is 1. The smallest absolute Gasteiger partial charge is 0.239 e. The first-order chi connectivity index (χ1) is 11.6. The zero-order chi connectivity index (χ0) is 19.0. The highest BCUT2D eigenvalue weighted by molar-refractivity contribution is 7.89. The SMILES string of the molecule is CC(=O)N(CCc1ccc(S(N)(=O)=O)cc1)CC(=O)NCCC(C)C. The molecule has 1 rings (SSSR count). The molecule has 8 heteroatoms. The van der Waals surface area contributed by atoms with E-state index in [4.69, 9.17) is 5.14 Å². The fraction of sp³-hybridized carbons (Fsp3) is 0.529. The molecule has 0 radical (unpaired) electrons. The number of benzene rings is 1. The third kappa shape index (κ3) is 8.13. The van der Waals surface area contributed by atoms with Crippen LogP contribution in [-0.2, 0) is 26.0 Å².